The number of oxazole rings is 1. The van der Waals surface area contributed by atoms with Crippen molar-refractivity contribution in [2.75, 3.05) is 7.05 Å². The first-order valence-corrected chi connectivity index (χ1v) is 11.6. The van der Waals surface area contributed by atoms with E-state index in [0.717, 1.165) is 19.1 Å². The average molecular weight is 513 g/mol. The Morgan fingerprint density at radius 3 is 2.46 bits per heavy atom. The largest absolute Gasteiger partial charge is 0.487 e. The summed E-state index contributed by atoms with van der Waals surface area (Å²) in [5.41, 5.74) is 0.517. The zero-order valence-corrected chi connectivity index (χ0v) is 19.7. The molecule has 0 aliphatic carbocycles. The van der Waals surface area contributed by atoms with Gasteiger partial charge in [0.25, 0.3) is 0 Å². The van der Waals surface area contributed by atoms with Crippen molar-refractivity contribution in [1.82, 2.24) is 14.2 Å². The summed E-state index contributed by atoms with van der Waals surface area (Å²) in [6.07, 6.45) is -4.44. The average Bonchev–Trinajstić information content (AvgIpc) is 3.17. The van der Waals surface area contributed by atoms with Gasteiger partial charge in [-0.05, 0) is 53.4 Å². The molecular weight excluding hydrogens is 491 g/mol. The Kier molecular flexibility index (Phi) is 7.83. The van der Waals surface area contributed by atoms with E-state index in [0.29, 0.717) is 32.8 Å². The molecule has 0 radical (unpaired) electrons. The van der Waals surface area contributed by atoms with Gasteiger partial charge in [-0.2, -0.15) is 21.6 Å². The number of ether oxygens (including phenoxy) is 1. The van der Waals surface area contributed by atoms with Crippen LogP contribution in [-0.2, 0) is 39.2 Å². The number of nitrogens with zero attached hydrogens (tertiary/aromatic N) is 2. The molecule has 3 rings (SSSR count). The van der Waals surface area contributed by atoms with Crippen molar-refractivity contribution in [3.63, 3.8) is 0 Å². The van der Waals surface area contributed by atoms with E-state index >= 15 is 0 Å². The summed E-state index contributed by atoms with van der Waals surface area (Å²) in [6, 6.07) is 10.9. The van der Waals surface area contributed by atoms with E-state index in [1.54, 1.807) is 31.2 Å². The summed E-state index contributed by atoms with van der Waals surface area (Å²) >= 11 is 0. The maximum Gasteiger partial charge on any atom is 0.416 e. The Morgan fingerprint density at radius 2 is 1.86 bits per heavy atom. The van der Waals surface area contributed by atoms with Gasteiger partial charge in [0.05, 0.1) is 12.1 Å². The van der Waals surface area contributed by atoms with Gasteiger partial charge in [0, 0.05) is 19.5 Å². The van der Waals surface area contributed by atoms with Crippen molar-refractivity contribution in [1.29, 1.82) is 0 Å². The molecule has 0 atom stereocenters. The standard InChI is InChI=1S/C22H22F3N3O6S/c1-14-20(27-21(33-14)17-7-9-18(10-8-17)22(23,24)25)13-32-19-6-4-5-16(11-19)12-28(34-15(2)29)35(30,31)26-3/h4-11,26H,12-13H2,1-3H3. The van der Waals surface area contributed by atoms with Crippen LogP contribution in [-0.4, -0.2) is 30.9 Å². The molecule has 188 valence electrons. The van der Waals surface area contributed by atoms with E-state index in [1.165, 1.54) is 19.2 Å². The molecule has 1 heterocycles. The van der Waals surface area contributed by atoms with E-state index in [2.05, 4.69) is 9.71 Å². The first kappa shape index (κ1) is 26.2. The van der Waals surface area contributed by atoms with Crippen LogP contribution in [0.2, 0.25) is 0 Å². The second-order valence-corrected chi connectivity index (χ2v) is 9.05. The molecule has 0 aliphatic heterocycles. The summed E-state index contributed by atoms with van der Waals surface area (Å²) in [5, 5.41) is 0. The molecule has 13 heteroatoms. The Bertz CT molecular complexity index is 1290. The highest BCUT2D eigenvalue weighted by Gasteiger charge is 2.30. The highest BCUT2D eigenvalue weighted by atomic mass is 32.2. The van der Waals surface area contributed by atoms with Gasteiger partial charge < -0.3 is 14.0 Å². The number of hydrogen-bond acceptors (Lipinski definition) is 7. The van der Waals surface area contributed by atoms with Gasteiger partial charge in [0.2, 0.25) is 5.89 Å². The minimum absolute atomic E-state index is 0.0120. The molecule has 0 aliphatic rings. The lowest BCUT2D eigenvalue weighted by molar-refractivity contribution is -0.168. The van der Waals surface area contributed by atoms with Crippen LogP contribution >= 0.6 is 0 Å². The third kappa shape index (κ3) is 6.81. The Labute approximate surface area is 199 Å². The highest BCUT2D eigenvalue weighted by molar-refractivity contribution is 7.86. The van der Waals surface area contributed by atoms with Gasteiger partial charge in [-0.15, -0.1) is 0 Å². The van der Waals surface area contributed by atoms with Gasteiger partial charge in [0.1, 0.15) is 23.8 Å². The maximum absolute atomic E-state index is 12.8. The normalized spacial score (nSPS) is 12.1. The predicted molar refractivity (Wildman–Crippen MR) is 118 cm³/mol. The van der Waals surface area contributed by atoms with E-state index in [4.69, 9.17) is 14.0 Å². The van der Waals surface area contributed by atoms with Gasteiger partial charge in [-0.25, -0.2) is 9.71 Å². The molecule has 0 bridgehead atoms. The highest BCUT2D eigenvalue weighted by Crippen LogP contribution is 2.31. The number of benzene rings is 2. The molecule has 35 heavy (non-hydrogen) atoms. The SMILES string of the molecule is CNS(=O)(=O)N(Cc1cccc(OCc2nc(-c3ccc(C(F)(F)F)cc3)oc2C)c1)OC(C)=O. The number of alkyl halides is 3. The Morgan fingerprint density at radius 1 is 1.17 bits per heavy atom. The summed E-state index contributed by atoms with van der Waals surface area (Å²) in [6.45, 7) is 2.45. The molecular formula is C22H22F3N3O6S. The zero-order valence-electron chi connectivity index (χ0n) is 18.9. The van der Waals surface area contributed by atoms with Crippen LogP contribution < -0.4 is 9.46 Å². The number of rotatable bonds is 9. The van der Waals surface area contributed by atoms with E-state index in [9.17, 15) is 26.4 Å². The molecule has 9 nitrogen and oxygen atoms in total. The number of hydroxylamine groups is 1. The summed E-state index contributed by atoms with van der Waals surface area (Å²) < 4.78 is 76.4. The number of carbonyl (C=O) groups is 1. The third-order valence-electron chi connectivity index (χ3n) is 4.69. The van der Waals surface area contributed by atoms with E-state index < -0.39 is 27.9 Å². The monoisotopic (exact) mass is 513 g/mol. The van der Waals surface area contributed by atoms with Crippen LogP contribution in [0, 0.1) is 6.92 Å². The first-order valence-electron chi connectivity index (χ1n) is 10.1. The topological polar surface area (TPSA) is 111 Å². The molecule has 2 aromatic carbocycles. The number of aryl methyl sites for hydroxylation is 1. The van der Waals surface area contributed by atoms with Gasteiger partial charge >= 0.3 is 22.4 Å². The van der Waals surface area contributed by atoms with Crippen LogP contribution in [0.1, 0.15) is 29.5 Å². The van der Waals surface area contributed by atoms with Crippen molar-refractivity contribution < 1.29 is 40.4 Å². The molecule has 0 unspecified atom stereocenters. The van der Waals surface area contributed by atoms with Crippen molar-refractivity contribution in [3.05, 3.63) is 71.1 Å². The van der Waals surface area contributed by atoms with Crippen LogP contribution in [0.4, 0.5) is 13.2 Å². The van der Waals surface area contributed by atoms with Crippen LogP contribution in [0.3, 0.4) is 0 Å². The lowest BCUT2D eigenvalue weighted by atomic mass is 10.1. The Hall–Kier alpha value is -3.42. The van der Waals surface area contributed by atoms with Gasteiger partial charge in [-0.1, -0.05) is 12.1 Å². The summed E-state index contributed by atoms with van der Waals surface area (Å²) in [4.78, 5) is 20.4. The quantitative estimate of drug-likeness (QED) is 0.431. The maximum atomic E-state index is 12.8. The van der Waals surface area contributed by atoms with Gasteiger partial charge in [0.15, 0.2) is 0 Å². The van der Waals surface area contributed by atoms with Crippen LogP contribution in [0.25, 0.3) is 11.5 Å². The molecule has 0 spiro atoms. The Balaban J connectivity index is 1.71. The fraction of sp³-hybridized carbons (Fsp3) is 0.273. The fourth-order valence-electron chi connectivity index (χ4n) is 2.93. The number of hydrogen-bond donors (Lipinski definition) is 1. The third-order valence-corrected chi connectivity index (χ3v) is 5.95. The molecule has 1 N–H and O–H groups in total. The lowest BCUT2D eigenvalue weighted by Crippen LogP contribution is -2.39. The molecule has 0 saturated heterocycles. The molecule has 3 aromatic rings. The number of halogens is 3. The van der Waals surface area contributed by atoms with Crippen molar-refractivity contribution in [2.45, 2.75) is 33.2 Å². The van der Waals surface area contributed by atoms with E-state index in [-0.39, 0.29) is 19.0 Å². The predicted octanol–water partition coefficient (Wildman–Crippen LogP) is 3.99. The van der Waals surface area contributed by atoms with Gasteiger partial charge in [-0.3, -0.25) is 4.79 Å². The molecule has 0 saturated carbocycles. The van der Waals surface area contributed by atoms with E-state index in [1.807, 2.05) is 0 Å². The minimum Gasteiger partial charge on any atom is -0.487 e. The second-order valence-electron chi connectivity index (χ2n) is 7.29. The number of carbonyl (C=O) groups excluding carboxylic acids is 1. The molecule has 0 fully saturated rings. The molecule has 0 amide bonds. The second kappa shape index (κ2) is 10.5. The number of aromatic nitrogens is 1. The summed E-state index contributed by atoms with van der Waals surface area (Å²) in [7, 11) is -2.86. The fourth-order valence-corrected chi connectivity index (χ4v) is 3.66. The van der Waals surface area contributed by atoms with Crippen LogP contribution in [0.15, 0.2) is 52.9 Å². The van der Waals surface area contributed by atoms with Crippen molar-refractivity contribution in [3.8, 4) is 17.2 Å². The van der Waals surface area contributed by atoms with Crippen LogP contribution in [0.5, 0.6) is 5.75 Å². The molecule has 1 aromatic heterocycles. The van der Waals surface area contributed by atoms with Crippen molar-refractivity contribution >= 4 is 16.2 Å². The first-order chi connectivity index (χ1) is 16.4. The smallest absolute Gasteiger partial charge is 0.416 e. The zero-order chi connectivity index (χ0) is 25.8. The lowest BCUT2D eigenvalue weighted by Gasteiger charge is -2.19. The summed E-state index contributed by atoms with van der Waals surface area (Å²) in [5.74, 6) is 0.155. The van der Waals surface area contributed by atoms with Crippen molar-refractivity contribution in [2.24, 2.45) is 0 Å². The minimum atomic E-state index is -4.44. The number of nitrogens with one attached hydrogen (secondary N) is 1.